The Morgan fingerprint density at radius 2 is 1.90 bits per heavy atom. The zero-order valence-corrected chi connectivity index (χ0v) is 12.1. The summed E-state index contributed by atoms with van der Waals surface area (Å²) < 4.78 is 0. The van der Waals surface area contributed by atoms with E-state index in [0.29, 0.717) is 0 Å². The molecule has 2 nitrogen and oxygen atoms in total. The number of benzene rings is 1. The number of hydrogen-bond donors (Lipinski definition) is 0. The smallest absolute Gasteiger partial charge is 0.0712 e. The quantitative estimate of drug-likeness (QED) is 0.538. The molecule has 0 aliphatic heterocycles. The van der Waals surface area contributed by atoms with E-state index in [9.17, 15) is 0 Å². The Bertz CT molecular complexity index is 573. The summed E-state index contributed by atoms with van der Waals surface area (Å²) in [4.78, 5) is 8.43. The van der Waals surface area contributed by atoms with Gasteiger partial charge in [0, 0.05) is 7.05 Å². The Morgan fingerprint density at radius 1 is 1.20 bits per heavy atom. The van der Waals surface area contributed by atoms with Crippen LogP contribution in [0.2, 0.25) is 0 Å². The van der Waals surface area contributed by atoms with E-state index in [1.165, 1.54) is 0 Å². The fourth-order valence-corrected chi connectivity index (χ4v) is 1.74. The van der Waals surface area contributed by atoms with Crippen LogP contribution in [0, 0.1) is 0 Å². The third-order valence-electron chi connectivity index (χ3n) is 2.77. The van der Waals surface area contributed by atoms with Crippen molar-refractivity contribution in [1.29, 1.82) is 0 Å². The van der Waals surface area contributed by atoms with Gasteiger partial charge in [-0.25, -0.2) is 0 Å². The fourth-order valence-electron chi connectivity index (χ4n) is 1.74. The molecule has 0 spiro atoms. The monoisotopic (exact) mass is 264 g/mol. The Labute approximate surface area is 121 Å². The van der Waals surface area contributed by atoms with Gasteiger partial charge in [-0.05, 0) is 30.9 Å². The lowest BCUT2D eigenvalue weighted by Gasteiger charge is -2.05. The zero-order chi connectivity index (χ0) is 14.8. The summed E-state index contributed by atoms with van der Waals surface area (Å²) in [7, 11) is 1.77. The van der Waals surface area contributed by atoms with Gasteiger partial charge in [-0.3, -0.25) is 9.98 Å². The van der Waals surface area contributed by atoms with Crippen LogP contribution in [0.1, 0.15) is 12.5 Å². The Hall–Kier alpha value is -2.48. The van der Waals surface area contributed by atoms with E-state index in [1.54, 1.807) is 13.1 Å². The highest BCUT2D eigenvalue weighted by atomic mass is 14.7. The van der Waals surface area contributed by atoms with Gasteiger partial charge in [-0.1, -0.05) is 61.2 Å². The second kappa shape index (κ2) is 8.59. The molecule has 1 rings (SSSR count). The van der Waals surface area contributed by atoms with Crippen molar-refractivity contribution in [3.63, 3.8) is 0 Å². The molecule has 0 aromatic heterocycles. The van der Waals surface area contributed by atoms with Crippen molar-refractivity contribution in [2.24, 2.45) is 9.98 Å². The normalized spacial score (nSPS) is 13.6. The second-order valence-corrected chi connectivity index (χ2v) is 4.00. The van der Waals surface area contributed by atoms with Crippen molar-refractivity contribution in [3.8, 4) is 0 Å². The molecule has 0 N–H and O–H groups in total. The molecule has 0 heterocycles. The summed E-state index contributed by atoms with van der Waals surface area (Å²) in [5.41, 5.74) is 3.70. The van der Waals surface area contributed by atoms with Gasteiger partial charge in [0.2, 0.25) is 0 Å². The minimum atomic E-state index is 0.787. The highest BCUT2D eigenvalue weighted by Crippen LogP contribution is 2.15. The number of nitrogens with zero attached hydrogens (tertiary/aromatic N) is 2. The SMILES string of the molecule is C=C\C=C/C(=C\C)C(=C/C(=NC)c1ccccc1)/N=C. The zero-order valence-electron chi connectivity index (χ0n) is 12.1. The van der Waals surface area contributed by atoms with Crippen molar-refractivity contribution in [2.75, 3.05) is 7.05 Å². The largest absolute Gasteiger partial charge is 0.288 e. The maximum absolute atomic E-state index is 4.32. The third kappa shape index (κ3) is 4.32. The van der Waals surface area contributed by atoms with Gasteiger partial charge < -0.3 is 0 Å². The minimum absolute atomic E-state index is 0.787. The molecule has 0 aliphatic rings. The van der Waals surface area contributed by atoms with Crippen LogP contribution in [0.5, 0.6) is 0 Å². The van der Waals surface area contributed by atoms with Gasteiger partial charge in [-0.2, -0.15) is 0 Å². The Balaban J connectivity index is 3.19. The van der Waals surface area contributed by atoms with Gasteiger partial charge in [0.15, 0.2) is 0 Å². The molecule has 0 radical (unpaired) electrons. The number of allylic oxidation sites excluding steroid dienone is 5. The first-order valence-electron chi connectivity index (χ1n) is 6.43. The minimum Gasteiger partial charge on any atom is -0.288 e. The molecule has 0 unspecified atom stereocenters. The number of aliphatic imine (C=N–C) groups is 2. The first kappa shape index (κ1) is 15.6. The summed E-state index contributed by atoms with van der Waals surface area (Å²) in [6, 6.07) is 10.0. The van der Waals surface area contributed by atoms with E-state index in [1.807, 2.05) is 61.6 Å². The van der Waals surface area contributed by atoms with Crippen LogP contribution >= 0.6 is 0 Å². The van der Waals surface area contributed by atoms with Crippen LogP contribution in [0.15, 0.2) is 88.5 Å². The lowest BCUT2D eigenvalue weighted by Crippen LogP contribution is -1.98. The molecule has 1 aromatic carbocycles. The average molecular weight is 264 g/mol. The second-order valence-electron chi connectivity index (χ2n) is 4.00. The predicted octanol–water partition coefficient (Wildman–Crippen LogP) is 4.38. The van der Waals surface area contributed by atoms with E-state index in [-0.39, 0.29) is 0 Å². The van der Waals surface area contributed by atoms with E-state index >= 15 is 0 Å². The van der Waals surface area contributed by atoms with Crippen molar-refractivity contribution in [3.05, 3.63) is 84.1 Å². The van der Waals surface area contributed by atoms with Gasteiger partial charge in [0.05, 0.1) is 11.4 Å². The molecule has 0 atom stereocenters. The van der Waals surface area contributed by atoms with Crippen molar-refractivity contribution in [1.82, 2.24) is 0 Å². The third-order valence-corrected chi connectivity index (χ3v) is 2.77. The molecule has 0 amide bonds. The lowest BCUT2D eigenvalue weighted by atomic mass is 10.1. The summed E-state index contributed by atoms with van der Waals surface area (Å²) in [5, 5.41) is 0. The molecule has 102 valence electrons. The van der Waals surface area contributed by atoms with Gasteiger partial charge in [0.25, 0.3) is 0 Å². The topological polar surface area (TPSA) is 24.7 Å². The molecule has 1 aromatic rings. The van der Waals surface area contributed by atoms with Gasteiger partial charge >= 0.3 is 0 Å². The molecule has 0 aliphatic carbocycles. The summed E-state index contributed by atoms with van der Waals surface area (Å²) in [5.74, 6) is 0. The molecule has 20 heavy (non-hydrogen) atoms. The highest BCUT2D eigenvalue weighted by molar-refractivity contribution is 6.09. The summed E-state index contributed by atoms with van der Waals surface area (Å²) >= 11 is 0. The lowest BCUT2D eigenvalue weighted by molar-refractivity contribution is 1.34. The molecule has 2 heteroatoms. The molecule has 0 fully saturated rings. The predicted molar refractivity (Wildman–Crippen MR) is 89.6 cm³/mol. The maximum Gasteiger partial charge on any atom is 0.0712 e. The molecule has 0 saturated carbocycles. The van der Waals surface area contributed by atoms with Crippen LogP contribution in [0.25, 0.3) is 0 Å². The van der Waals surface area contributed by atoms with Crippen molar-refractivity contribution >= 4 is 12.4 Å². The van der Waals surface area contributed by atoms with Crippen LogP contribution < -0.4 is 0 Å². The maximum atomic E-state index is 4.32. The van der Waals surface area contributed by atoms with Crippen LogP contribution in [-0.2, 0) is 0 Å². The fraction of sp³-hybridized carbons (Fsp3) is 0.111. The van der Waals surface area contributed by atoms with Gasteiger partial charge in [-0.15, -0.1) is 0 Å². The van der Waals surface area contributed by atoms with E-state index < -0.39 is 0 Å². The number of hydrogen-bond acceptors (Lipinski definition) is 2. The first-order chi connectivity index (χ1) is 9.76. The summed E-state index contributed by atoms with van der Waals surface area (Å²) in [6.07, 6.45) is 9.48. The van der Waals surface area contributed by atoms with Crippen LogP contribution in [0.3, 0.4) is 0 Å². The average Bonchev–Trinajstić information content (AvgIpc) is 2.51. The molecule has 0 saturated heterocycles. The van der Waals surface area contributed by atoms with Crippen molar-refractivity contribution < 1.29 is 0 Å². The molecular formula is C18H20N2. The summed E-state index contributed by atoms with van der Waals surface area (Å²) in [6.45, 7) is 9.28. The van der Waals surface area contributed by atoms with E-state index in [4.69, 9.17) is 0 Å². The van der Waals surface area contributed by atoms with Gasteiger partial charge in [0.1, 0.15) is 0 Å². The van der Waals surface area contributed by atoms with Crippen molar-refractivity contribution in [2.45, 2.75) is 6.92 Å². The molecule has 0 bridgehead atoms. The highest BCUT2D eigenvalue weighted by Gasteiger charge is 2.03. The van der Waals surface area contributed by atoms with E-state index in [2.05, 4.69) is 23.3 Å². The Morgan fingerprint density at radius 3 is 2.40 bits per heavy atom. The van der Waals surface area contributed by atoms with E-state index in [0.717, 1.165) is 22.5 Å². The van der Waals surface area contributed by atoms with Crippen LogP contribution in [0.4, 0.5) is 0 Å². The Kier molecular flexibility index (Phi) is 6.69. The molecular weight excluding hydrogens is 244 g/mol. The standard InChI is InChI=1S/C18H20N2/c1-5-7-11-15(6-2)17(19-3)14-18(20-4)16-12-9-8-10-13-16/h5-14H,1,3H2,2,4H3/b11-7-,15-6+,17-14-,20-18?. The van der Waals surface area contributed by atoms with Crippen LogP contribution in [-0.4, -0.2) is 19.5 Å². The first-order valence-corrected chi connectivity index (χ1v) is 6.43. The number of rotatable bonds is 6.